The zero-order chi connectivity index (χ0) is 11.4. The van der Waals surface area contributed by atoms with E-state index in [9.17, 15) is 0 Å². The van der Waals surface area contributed by atoms with E-state index in [0.29, 0.717) is 0 Å². The molecule has 2 nitrogen and oxygen atoms in total. The molecule has 16 heavy (non-hydrogen) atoms. The minimum absolute atomic E-state index is 0.718. The first kappa shape index (κ1) is 12.4. The zero-order valence-corrected chi connectivity index (χ0v) is 11.0. The van der Waals surface area contributed by atoms with Gasteiger partial charge in [0, 0.05) is 12.1 Å². The number of rotatable bonds is 4. The van der Waals surface area contributed by atoms with Gasteiger partial charge >= 0.3 is 0 Å². The number of piperidine rings is 1. The average molecular weight is 224 g/mol. The smallest absolute Gasteiger partial charge is 0.00952 e. The van der Waals surface area contributed by atoms with Gasteiger partial charge in [-0.05, 0) is 58.2 Å². The Morgan fingerprint density at radius 3 is 2.31 bits per heavy atom. The molecule has 0 amide bonds. The molecule has 1 atom stereocenters. The first-order valence-electron chi connectivity index (χ1n) is 7.28. The van der Waals surface area contributed by atoms with Gasteiger partial charge in [-0.15, -0.1) is 0 Å². The highest BCUT2D eigenvalue weighted by atomic mass is 15.2. The summed E-state index contributed by atoms with van der Waals surface area (Å²) in [5.74, 6) is 0.914. The quantitative estimate of drug-likeness (QED) is 0.790. The highest BCUT2D eigenvalue weighted by molar-refractivity contribution is 4.84. The van der Waals surface area contributed by atoms with Crippen LogP contribution >= 0.6 is 0 Å². The van der Waals surface area contributed by atoms with Crippen molar-refractivity contribution in [2.75, 3.05) is 19.6 Å². The van der Waals surface area contributed by atoms with Gasteiger partial charge in [0.2, 0.25) is 0 Å². The van der Waals surface area contributed by atoms with Crippen molar-refractivity contribution in [2.24, 2.45) is 5.92 Å². The Morgan fingerprint density at radius 2 is 1.75 bits per heavy atom. The van der Waals surface area contributed by atoms with Crippen LogP contribution in [0.1, 0.15) is 52.4 Å². The summed E-state index contributed by atoms with van der Waals surface area (Å²) in [6, 6.07) is 1.66. The second kappa shape index (κ2) is 6.02. The van der Waals surface area contributed by atoms with Gasteiger partial charge in [-0.25, -0.2) is 0 Å². The van der Waals surface area contributed by atoms with Crippen molar-refractivity contribution in [3.05, 3.63) is 0 Å². The standard InChI is InChI=1S/C14H28N2/c1-3-15-12(2)13-8-10-16(11-9-13)14-6-4-5-7-14/h12-15H,3-11H2,1-2H3. The van der Waals surface area contributed by atoms with E-state index in [1.807, 2.05) is 0 Å². The molecule has 1 aliphatic carbocycles. The van der Waals surface area contributed by atoms with E-state index in [1.165, 1.54) is 51.6 Å². The van der Waals surface area contributed by atoms with E-state index >= 15 is 0 Å². The molecule has 2 rings (SSSR count). The summed E-state index contributed by atoms with van der Waals surface area (Å²) in [7, 11) is 0. The topological polar surface area (TPSA) is 15.3 Å². The third-order valence-electron chi connectivity index (χ3n) is 4.65. The van der Waals surface area contributed by atoms with Crippen LogP contribution in [0.4, 0.5) is 0 Å². The summed E-state index contributed by atoms with van der Waals surface area (Å²) in [6.45, 7) is 8.39. The predicted molar refractivity (Wildman–Crippen MR) is 69.7 cm³/mol. The molecule has 1 heterocycles. The molecule has 0 radical (unpaired) electrons. The van der Waals surface area contributed by atoms with Crippen LogP contribution in [0.25, 0.3) is 0 Å². The van der Waals surface area contributed by atoms with Crippen molar-refractivity contribution < 1.29 is 0 Å². The summed E-state index contributed by atoms with van der Waals surface area (Å²) in [4.78, 5) is 2.77. The lowest BCUT2D eigenvalue weighted by molar-refractivity contribution is 0.121. The Hall–Kier alpha value is -0.0800. The summed E-state index contributed by atoms with van der Waals surface area (Å²) in [6.07, 6.45) is 8.69. The predicted octanol–water partition coefficient (Wildman–Crippen LogP) is 2.64. The molecular formula is C14H28N2. The van der Waals surface area contributed by atoms with Crippen molar-refractivity contribution in [3.63, 3.8) is 0 Å². The maximum Gasteiger partial charge on any atom is 0.00952 e. The number of hydrogen-bond donors (Lipinski definition) is 1. The first-order valence-corrected chi connectivity index (χ1v) is 7.28. The van der Waals surface area contributed by atoms with E-state index < -0.39 is 0 Å². The maximum atomic E-state index is 3.58. The molecular weight excluding hydrogens is 196 g/mol. The Labute approximate surface area is 101 Å². The molecule has 0 spiro atoms. The van der Waals surface area contributed by atoms with Crippen LogP contribution in [0.3, 0.4) is 0 Å². The lowest BCUT2D eigenvalue weighted by atomic mass is 9.89. The number of likely N-dealkylation sites (tertiary alicyclic amines) is 1. The van der Waals surface area contributed by atoms with Gasteiger partial charge in [-0.2, -0.15) is 0 Å². The Balaban J connectivity index is 1.73. The highest BCUT2D eigenvalue weighted by Gasteiger charge is 2.28. The summed E-state index contributed by atoms with van der Waals surface area (Å²) in [5.41, 5.74) is 0. The lowest BCUT2D eigenvalue weighted by Gasteiger charge is -2.38. The maximum absolute atomic E-state index is 3.58. The fraction of sp³-hybridized carbons (Fsp3) is 1.00. The highest BCUT2D eigenvalue weighted by Crippen LogP contribution is 2.28. The summed E-state index contributed by atoms with van der Waals surface area (Å²) < 4.78 is 0. The van der Waals surface area contributed by atoms with E-state index in [4.69, 9.17) is 0 Å². The molecule has 1 N–H and O–H groups in total. The molecule has 1 saturated heterocycles. The van der Waals surface area contributed by atoms with Crippen molar-refractivity contribution >= 4 is 0 Å². The lowest BCUT2D eigenvalue weighted by Crippen LogP contribution is -2.45. The van der Waals surface area contributed by atoms with Crippen LogP contribution in [-0.4, -0.2) is 36.6 Å². The van der Waals surface area contributed by atoms with Gasteiger partial charge in [0.15, 0.2) is 0 Å². The molecule has 2 fully saturated rings. The van der Waals surface area contributed by atoms with Crippen LogP contribution < -0.4 is 5.32 Å². The second-order valence-corrected chi connectivity index (χ2v) is 5.66. The fourth-order valence-electron chi connectivity index (χ4n) is 3.54. The number of nitrogens with one attached hydrogen (secondary N) is 1. The van der Waals surface area contributed by atoms with E-state index in [1.54, 1.807) is 0 Å². The van der Waals surface area contributed by atoms with Gasteiger partial charge in [0.25, 0.3) is 0 Å². The van der Waals surface area contributed by atoms with Gasteiger partial charge in [0.1, 0.15) is 0 Å². The molecule has 0 aromatic carbocycles. The third-order valence-corrected chi connectivity index (χ3v) is 4.65. The Morgan fingerprint density at radius 1 is 1.12 bits per heavy atom. The largest absolute Gasteiger partial charge is 0.314 e. The molecule has 0 aromatic heterocycles. The van der Waals surface area contributed by atoms with Crippen molar-refractivity contribution in [2.45, 2.75) is 64.5 Å². The third kappa shape index (κ3) is 2.98. The molecule has 94 valence electrons. The van der Waals surface area contributed by atoms with Crippen molar-refractivity contribution in [3.8, 4) is 0 Å². The zero-order valence-electron chi connectivity index (χ0n) is 11.0. The van der Waals surface area contributed by atoms with Crippen molar-refractivity contribution in [1.29, 1.82) is 0 Å². The monoisotopic (exact) mass is 224 g/mol. The number of nitrogens with zero attached hydrogens (tertiary/aromatic N) is 1. The average Bonchev–Trinajstić information content (AvgIpc) is 2.83. The van der Waals surface area contributed by atoms with Gasteiger partial charge in [-0.1, -0.05) is 19.8 Å². The minimum Gasteiger partial charge on any atom is -0.314 e. The van der Waals surface area contributed by atoms with Gasteiger partial charge < -0.3 is 10.2 Å². The molecule has 0 bridgehead atoms. The second-order valence-electron chi connectivity index (χ2n) is 5.66. The normalized spacial score (nSPS) is 27.4. The Bertz CT molecular complexity index is 191. The first-order chi connectivity index (χ1) is 7.81. The molecule has 2 heteroatoms. The molecule has 1 saturated carbocycles. The molecule has 0 aromatic rings. The van der Waals surface area contributed by atoms with E-state index in [-0.39, 0.29) is 0 Å². The summed E-state index contributed by atoms with van der Waals surface area (Å²) >= 11 is 0. The molecule has 1 unspecified atom stereocenters. The van der Waals surface area contributed by atoms with Crippen molar-refractivity contribution in [1.82, 2.24) is 10.2 Å². The van der Waals surface area contributed by atoms with E-state index in [0.717, 1.165) is 24.5 Å². The number of hydrogen-bond acceptors (Lipinski definition) is 2. The van der Waals surface area contributed by atoms with Crippen LogP contribution in [-0.2, 0) is 0 Å². The minimum atomic E-state index is 0.718. The van der Waals surface area contributed by atoms with E-state index in [2.05, 4.69) is 24.1 Å². The van der Waals surface area contributed by atoms with Crippen LogP contribution in [0, 0.1) is 5.92 Å². The Kier molecular flexibility index (Phi) is 4.66. The van der Waals surface area contributed by atoms with Crippen LogP contribution in [0.15, 0.2) is 0 Å². The van der Waals surface area contributed by atoms with Gasteiger partial charge in [-0.3, -0.25) is 0 Å². The summed E-state index contributed by atoms with van der Waals surface area (Å²) in [5, 5.41) is 3.58. The molecule has 2 aliphatic rings. The fourth-order valence-corrected chi connectivity index (χ4v) is 3.54. The van der Waals surface area contributed by atoms with Crippen LogP contribution in [0.5, 0.6) is 0 Å². The van der Waals surface area contributed by atoms with Crippen LogP contribution in [0.2, 0.25) is 0 Å². The molecule has 1 aliphatic heterocycles. The SMILES string of the molecule is CCNC(C)C1CCN(C2CCCC2)CC1. The van der Waals surface area contributed by atoms with Gasteiger partial charge in [0.05, 0.1) is 0 Å².